The number of nitrogens with one attached hydrogen (secondary N) is 1. The van der Waals surface area contributed by atoms with Crippen molar-refractivity contribution in [1.29, 1.82) is 0 Å². The molecule has 1 aromatic rings. The average Bonchev–Trinajstić information content (AvgIpc) is 2.94. The number of likely N-dealkylation sites (tertiary alicyclic amines) is 1. The van der Waals surface area contributed by atoms with Crippen LogP contribution < -0.4 is 5.32 Å². The number of rotatable bonds is 4. The highest BCUT2D eigenvalue weighted by Gasteiger charge is 2.25. The lowest BCUT2D eigenvalue weighted by Crippen LogP contribution is -2.48. The Kier molecular flexibility index (Phi) is 4.83. The molecule has 2 amide bonds. The lowest BCUT2D eigenvalue weighted by molar-refractivity contribution is -0.139. The van der Waals surface area contributed by atoms with Gasteiger partial charge in [-0.25, -0.2) is 9.59 Å². The molecule has 114 valence electrons. The lowest BCUT2D eigenvalue weighted by atomic mass is 9.99. The van der Waals surface area contributed by atoms with E-state index in [0.717, 1.165) is 29.5 Å². The molecule has 5 nitrogen and oxygen atoms in total. The summed E-state index contributed by atoms with van der Waals surface area (Å²) < 4.78 is 0. The van der Waals surface area contributed by atoms with Crippen LogP contribution in [0.15, 0.2) is 18.2 Å². The van der Waals surface area contributed by atoms with Crippen molar-refractivity contribution in [2.24, 2.45) is 0 Å². The van der Waals surface area contributed by atoms with Gasteiger partial charge in [0.15, 0.2) is 0 Å². The monoisotopic (exact) mass is 290 g/mol. The van der Waals surface area contributed by atoms with E-state index in [4.69, 9.17) is 0 Å². The molecule has 0 aromatic heterocycles. The van der Waals surface area contributed by atoms with Crippen LogP contribution in [-0.2, 0) is 11.2 Å². The van der Waals surface area contributed by atoms with Crippen LogP contribution >= 0.6 is 0 Å². The number of urea groups is 1. The minimum Gasteiger partial charge on any atom is -0.480 e. The molecule has 0 radical (unpaired) electrons. The van der Waals surface area contributed by atoms with Crippen molar-refractivity contribution in [2.45, 2.75) is 39.2 Å². The van der Waals surface area contributed by atoms with Crippen molar-refractivity contribution in [3.05, 3.63) is 34.9 Å². The van der Waals surface area contributed by atoms with E-state index in [1.54, 1.807) is 4.90 Å². The van der Waals surface area contributed by atoms with Gasteiger partial charge in [0.05, 0.1) is 0 Å². The highest BCUT2D eigenvalue weighted by atomic mass is 16.4. The van der Waals surface area contributed by atoms with Gasteiger partial charge < -0.3 is 15.3 Å². The first-order valence-corrected chi connectivity index (χ1v) is 7.32. The van der Waals surface area contributed by atoms with E-state index < -0.39 is 12.0 Å². The predicted octanol–water partition coefficient (Wildman–Crippen LogP) is 2.10. The van der Waals surface area contributed by atoms with Gasteiger partial charge in [-0.05, 0) is 37.8 Å². The summed E-state index contributed by atoms with van der Waals surface area (Å²) in [4.78, 5) is 25.1. The summed E-state index contributed by atoms with van der Waals surface area (Å²) in [5, 5.41) is 12.0. The van der Waals surface area contributed by atoms with Gasteiger partial charge >= 0.3 is 12.0 Å². The number of hydrogen-bond donors (Lipinski definition) is 2. The molecule has 1 saturated heterocycles. The molecular formula is C16H22N2O3. The normalized spacial score (nSPS) is 15.8. The van der Waals surface area contributed by atoms with E-state index in [2.05, 4.69) is 5.32 Å². The molecular weight excluding hydrogens is 268 g/mol. The van der Waals surface area contributed by atoms with Gasteiger partial charge in [-0.15, -0.1) is 0 Å². The number of aliphatic carboxylic acids is 1. The Hall–Kier alpha value is -2.04. The molecule has 2 rings (SSSR count). The Bertz CT molecular complexity index is 536. The van der Waals surface area contributed by atoms with E-state index in [0.29, 0.717) is 19.5 Å². The van der Waals surface area contributed by atoms with Gasteiger partial charge in [0.2, 0.25) is 0 Å². The van der Waals surface area contributed by atoms with Crippen molar-refractivity contribution in [1.82, 2.24) is 10.2 Å². The molecule has 0 bridgehead atoms. The van der Waals surface area contributed by atoms with Gasteiger partial charge in [-0.3, -0.25) is 0 Å². The molecule has 1 aliphatic rings. The Morgan fingerprint density at radius 2 is 1.95 bits per heavy atom. The maximum absolute atomic E-state index is 12.0. The standard InChI is InChI=1S/C16H22N2O3/c1-11-5-6-13(12(2)9-11)10-14(15(19)20)17-16(21)18-7-3-4-8-18/h5-6,9,14H,3-4,7-8,10H2,1-2H3,(H,17,21)(H,19,20)/t14-/m1/s1. The van der Waals surface area contributed by atoms with Gasteiger partial charge in [-0.1, -0.05) is 23.8 Å². The highest BCUT2D eigenvalue weighted by Crippen LogP contribution is 2.14. The summed E-state index contributed by atoms with van der Waals surface area (Å²) in [7, 11) is 0. The second-order valence-electron chi connectivity index (χ2n) is 5.67. The molecule has 1 atom stereocenters. The Labute approximate surface area is 125 Å². The first kappa shape index (κ1) is 15.4. The fraction of sp³-hybridized carbons (Fsp3) is 0.500. The van der Waals surface area contributed by atoms with E-state index in [1.807, 2.05) is 32.0 Å². The van der Waals surface area contributed by atoms with Crippen LogP contribution in [-0.4, -0.2) is 41.1 Å². The minimum absolute atomic E-state index is 0.273. The molecule has 1 heterocycles. The molecule has 0 saturated carbocycles. The van der Waals surface area contributed by atoms with E-state index in [1.165, 1.54) is 0 Å². The second-order valence-corrected chi connectivity index (χ2v) is 5.67. The van der Waals surface area contributed by atoms with Crippen molar-refractivity contribution in [2.75, 3.05) is 13.1 Å². The quantitative estimate of drug-likeness (QED) is 0.892. The fourth-order valence-electron chi connectivity index (χ4n) is 2.66. The summed E-state index contributed by atoms with van der Waals surface area (Å²) >= 11 is 0. The van der Waals surface area contributed by atoms with Crippen molar-refractivity contribution >= 4 is 12.0 Å². The van der Waals surface area contributed by atoms with Gasteiger partial charge in [-0.2, -0.15) is 0 Å². The van der Waals surface area contributed by atoms with Crippen molar-refractivity contribution in [3.63, 3.8) is 0 Å². The number of aryl methyl sites for hydroxylation is 2. The number of benzene rings is 1. The molecule has 5 heteroatoms. The molecule has 0 aliphatic carbocycles. The van der Waals surface area contributed by atoms with Crippen molar-refractivity contribution in [3.8, 4) is 0 Å². The summed E-state index contributed by atoms with van der Waals surface area (Å²) in [5.41, 5.74) is 3.15. The predicted molar refractivity (Wildman–Crippen MR) is 80.4 cm³/mol. The van der Waals surface area contributed by atoms with Gasteiger partial charge in [0.1, 0.15) is 6.04 Å². The summed E-state index contributed by atoms with van der Waals surface area (Å²) in [5.74, 6) is -0.998. The van der Waals surface area contributed by atoms with Gasteiger partial charge in [0, 0.05) is 19.5 Å². The zero-order valence-electron chi connectivity index (χ0n) is 12.6. The molecule has 1 fully saturated rings. The Balaban J connectivity index is 2.04. The lowest BCUT2D eigenvalue weighted by Gasteiger charge is -2.21. The third kappa shape index (κ3) is 3.97. The number of nitrogens with zero attached hydrogens (tertiary/aromatic N) is 1. The van der Waals surface area contributed by atoms with Gasteiger partial charge in [0.25, 0.3) is 0 Å². The first-order chi connectivity index (χ1) is 9.97. The fourth-order valence-corrected chi connectivity index (χ4v) is 2.66. The highest BCUT2D eigenvalue weighted by molar-refractivity contribution is 5.83. The molecule has 1 aliphatic heterocycles. The van der Waals surface area contributed by atoms with E-state index in [9.17, 15) is 14.7 Å². The van der Waals surface area contributed by atoms with Crippen LogP contribution in [0.2, 0.25) is 0 Å². The molecule has 1 aromatic carbocycles. The van der Waals surface area contributed by atoms with Crippen LogP contribution in [0.4, 0.5) is 4.79 Å². The number of amides is 2. The summed E-state index contributed by atoms with van der Waals surface area (Å²) in [6, 6.07) is 4.76. The second kappa shape index (κ2) is 6.61. The smallest absolute Gasteiger partial charge is 0.326 e. The minimum atomic E-state index is -0.998. The Morgan fingerprint density at radius 3 is 2.52 bits per heavy atom. The summed E-state index contributed by atoms with van der Waals surface area (Å²) in [6.07, 6.45) is 2.28. The molecule has 0 unspecified atom stereocenters. The largest absolute Gasteiger partial charge is 0.480 e. The van der Waals surface area contributed by atoms with Crippen LogP contribution in [0, 0.1) is 13.8 Å². The third-order valence-corrected chi connectivity index (χ3v) is 3.91. The summed E-state index contributed by atoms with van der Waals surface area (Å²) in [6.45, 7) is 5.38. The average molecular weight is 290 g/mol. The number of carboxylic acids is 1. The maximum atomic E-state index is 12.0. The number of hydrogen-bond acceptors (Lipinski definition) is 2. The zero-order valence-corrected chi connectivity index (χ0v) is 12.6. The number of carbonyl (C=O) groups excluding carboxylic acids is 1. The SMILES string of the molecule is Cc1ccc(C[C@@H](NC(=O)N2CCCC2)C(=O)O)c(C)c1. The topological polar surface area (TPSA) is 69.6 Å². The molecule has 2 N–H and O–H groups in total. The first-order valence-electron chi connectivity index (χ1n) is 7.32. The maximum Gasteiger partial charge on any atom is 0.326 e. The molecule has 0 spiro atoms. The number of carboxylic acid groups (broad SMARTS) is 1. The van der Waals surface area contributed by atoms with E-state index >= 15 is 0 Å². The number of carbonyl (C=O) groups is 2. The van der Waals surface area contributed by atoms with Crippen molar-refractivity contribution < 1.29 is 14.7 Å². The van der Waals surface area contributed by atoms with Crippen LogP contribution in [0.25, 0.3) is 0 Å². The van der Waals surface area contributed by atoms with E-state index in [-0.39, 0.29) is 6.03 Å². The molecule has 21 heavy (non-hydrogen) atoms. The zero-order chi connectivity index (χ0) is 15.4. The van der Waals surface area contributed by atoms with Crippen LogP contribution in [0.1, 0.15) is 29.5 Å². The van der Waals surface area contributed by atoms with Crippen LogP contribution in [0.3, 0.4) is 0 Å². The third-order valence-electron chi connectivity index (χ3n) is 3.91. The van der Waals surface area contributed by atoms with Crippen LogP contribution in [0.5, 0.6) is 0 Å². The Morgan fingerprint density at radius 1 is 1.29 bits per heavy atom.